The van der Waals surface area contributed by atoms with Crippen molar-refractivity contribution in [1.29, 1.82) is 0 Å². The van der Waals surface area contributed by atoms with Gasteiger partial charge < -0.3 is 19.5 Å². The van der Waals surface area contributed by atoms with Gasteiger partial charge in [-0.1, -0.05) is 18.2 Å². The molecule has 1 aliphatic heterocycles. The van der Waals surface area contributed by atoms with E-state index in [0.29, 0.717) is 31.9 Å². The molecule has 132 valence electrons. The lowest BCUT2D eigenvalue weighted by atomic mass is 10.2. The van der Waals surface area contributed by atoms with E-state index in [4.69, 9.17) is 4.74 Å². The maximum absolute atomic E-state index is 12.4. The standard InChI is InChI=1S/C19H23N3O3/c1-15-6-2-3-8-17(15)25-14-18(23)21-10-5-11-22(13-12-21)19(24)16-7-4-9-20-16/h2-4,6-9,20H,5,10-14H2,1H3. The summed E-state index contributed by atoms with van der Waals surface area (Å²) in [5.74, 6) is 0.669. The Labute approximate surface area is 147 Å². The number of ether oxygens (including phenoxy) is 1. The number of para-hydroxylation sites is 1. The minimum absolute atomic E-state index is 0.0181. The van der Waals surface area contributed by atoms with Gasteiger partial charge in [0.2, 0.25) is 0 Å². The molecule has 0 bridgehead atoms. The van der Waals surface area contributed by atoms with Gasteiger partial charge in [-0.2, -0.15) is 0 Å². The number of carbonyl (C=O) groups excluding carboxylic acids is 2. The Hall–Kier alpha value is -2.76. The van der Waals surface area contributed by atoms with Gasteiger partial charge in [-0.15, -0.1) is 0 Å². The third kappa shape index (κ3) is 4.21. The lowest BCUT2D eigenvalue weighted by Crippen LogP contribution is -2.39. The van der Waals surface area contributed by atoms with Crippen LogP contribution in [0.25, 0.3) is 0 Å². The SMILES string of the molecule is Cc1ccccc1OCC(=O)N1CCCN(C(=O)c2ccc[nH]2)CC1. The van der Waals surface area contributed by atoms with Gasteiger partial charge in [0.1, 0.15) is 11.4 Å². The Morgan fingerprint density at radius 1 is 1.04 bits per heavy atom. The number of aromatic nitrogens is 1. The van der Waals surface area contributed by atoms with Crippen LogP contribution in [0.2, 0.25) is 0 Å². The number of hydrogen-bond acceptors (Lipinski definition) is 3. The van der Waals surface area contributed by atoms with Crippen LogP contribution in [0, 0.1) is 6.92 Å². The molecule has 0 saturated carbocycles. The van der Waals surface area contributed by atoms with Crippen molar-refractivity contribution in [2.75, 3.05) is 32.8 Å². The van der Waals surface area contributed by atoms with Gasteiger partial charge in [0.15, 0.2) is 6.61 Å². The van der Waals surface area contributed by atoms with Crippen LogP contribution in [0.3, 0.4) is 0 Å². The molecule has 2 aromatic rings. The zero-order chi connectivity index (χ0) is 17.6. The van der Waals surface area contributed by atoms with Crippen molar-refractivity contribution in [3.8, 4) is 5.75 Å². The number of carbonyl (C=O) groups is 2. The summed E-state index contributed by atoms with van der Waals surface area (Å²) in [7, 11) is 0. The van der Waals surface area contributed by atoms with Crippen molar-refractivity contribution in [2.24, 2.45) is 0 Å². The molecular weight excluding hydrogens is 318 g/mol. The van der Waals surface area contributed by atoms with Crippen LogP contribution in [0.4, 0.5) is 0 Å². The predicted octanol–water partition coefficient (Wildman–Crippen LogP) is 2.08. The lowest BCUT2D eigenvalue weighted by molar-refractivity contribution is -0.133. The second kappa shape index (κ2) is 7.88. The zero-order valence-electron chi connectivity index (χ0n) is 14.4. The van der Waals surface area contributed by atoms with E-state index < -0.39 is 0 Å². The average Bonchev–Trinajstić information content (AvgIpc) is 3.04. The second-order valence-corrected chi connectivity index (χ2v) is 6.16. The number of H-pyrrole nitrogens is 1. The summed E-state index contributed by atoms with van der Waals surface area (Å²) in [5.41, 5.74) is 1.59. The molecule has 0 aliphatic carbocycles. The number of aromatic amines is 1. The van der Waals surface area contributed by atoms with Crippen molar-refractivity contribution in [2.45, 2.75) is 13.3 Å². The van der Waals surface area contributed by atoms with Gasteiger partial charge in [0.05, 0.1) is 0 Å². The second-order valence-electron chi connectivity index (χ2n) is 6.16. The van der Waals surface area contributed by atoms with E-state index in [1.165, 1.54) is 0 Å². The number of nitrogens with one attached hydrogen (secondary N) is 1. The number of aryl methyl sites for hydroxylation is 1. The molecule has 0 unspecified atom stereocenters. The summed E-state index contributed by atoms with van der Waals surface area (Å²) < 4.78 is 5.65. The summed E-state index contributed by atoms with van der Waals surface area (Å²) in [5, 5.41) is 0. The molecule has 25 heavy (non-hydrogen) atoms. The van der Waals surface area contributed by atoms with Crippen LogP contribution in [0.1, 0.15) is 22.5 Å². The van der Waals surface area contributed by atoms with Crippen molar-refractivity contribution >= 4 is 11.8 Å². The molecule has 1 fully saturated rings. The van der Waals surface area contributed by atoms with Gasteiger partial charge in [-0.05, 0) is 37.1 Å². The van der Waals surface area contributed by atoms with Crippen molar-refractivity contribution in [3.63, 3.8) is 0 Å². The minimum Gasteiger partial charge on any atom is -0.484 e. The molecule has 1 N–H and O–H groups in total. The van der Waals surface area contributed by atoms with E-state index in [9.17, 15) is 9.59 Å². The third-order valence-corrected chi connectivity index (χ3v) is 4.41. The Bertz CT molecular complexity index is 727. The fourth-order valence-corrected chi connectivity index (χ4v) is 2.95. The highest BCUT2D eigenvalue weighted by Gasteiger charge is 2.23. The van der Waals surface area contributed by atoms with E-state index in [1.54, 1.807) is 22.1 Å². The lowest BCUT2D eigenvalue weighted by Gasteiger charge is -2.22. The average molecular weight is 341 g/mol. The normalized spacial score (nSPS) is 14.9. The van der Waals surface area contributed by atoms with Gasteiger partial charge >= 0.3 is 0 Å². The zero-order valence-corrected chi connectivity index (χ0v) is 14.4. The van der Waals surface area contributed by atoms with Crippen LogP contribution in [0.5, 0.6) is 5.75 Å². The molecule has 1 aromatic heterocycles. The maximum atomic E-state index is 12.4. The highest BCUT2D eigenvalue weighted by atomic mass is 16.5. The summed E-state index contributed by atoms with van der Waals surface area (Å²) in [6, 6.07) is 11.2. The highest BCUT2D eigenvalue weighted by molar-refractivity contribution is 5.92. The largest absolute Gasteiger partial charge is 0.484 e. The molecule has 0 atom stereocenters. The molecule has 6 heteroatoms. The smallest absolute Gasteiger partial charge is 0.270 e. The quantitative estimate of drug-likeness (QED) is 0.926. The number of amides is 2. The monoisotopic (exact) mass is 341 g/mol. The molecule has 0 spiro atoms. The van der Waals surface area contributed by atoms with Crippen LogP contribution in [0.15, 0.2) is 42.6 Å². The summed E-state index contributed by atoms with van der Waals surface area (Å²) in [6.45, 7) is 4.34. The first-order valence-electron chi connectivity index (χ1n) is 8.54. The van der Waals surface area contributed by atoms with Gasteiger partial charge in [0.25, 0.3) is 11.8 Å². The van der Waals surface area contributed by atoms with E-state index in [1.807, 2.05) is 37.3 Å². The molecule has 2 amide bonds. The van der Waals surface area contributed by atoms with Gasteiger partial charge in [-0.3, -0.25) is 9.59 Å². The van der Waals surface area contributed by atoms with E-state index in [-0.39, 0.29) is 18.4 Å². The van der Waals surface area contributed by atoms with E-state index >= 15 is 0 Å². The van der Waals surface area contributed by atoms with Gasteiger partial charge in [0, 0.05) is 32.4 Å². The molecule has 2 heterocycles. The first kappa shape index (κ1) is 17.1. The molecular formula is C19H23N3O3. The van der Waals surface area contributed by atoms with Crippen molar-refractivity contribution in [3.05, 3.63) is 53.9 Å². The summed E-state index contributed by atoms with van der Waals surface area (Å²) in [6.07, 6.45) is 2.51. The fourth-order valence-electron chi connectivity index (χ4n) is 2.95. The Balaban J connectivity index is 1.53. The molecule has 6 nitrogen and oxygen atoms in total. The third-order valence-electron chi connectivity index (χ3n) is 4.41. The van der Waals surface area contributed by atoms with Crippen LogP contribution in [-0.4, -0.2) is 59.4 Å². The fraction of sp³-hybridized carbons (Fsp3) is 0.368. The molecule has 0 radical (unpaired) electrons. The highest BCUT2D eigenvalue weighted by Crippen LogP contribution is 2.16. The molecule has 1 aromatic carbocycles. The Morgan fingerprint density at radius 3 is 2.56 bits per heavy atom. The predicted molar refractivity (Wildman–Crippen MR) is 94.6 cm³/mol. The summed E-state index contributed by atoms with van der Waals surface area (Å²) >= 11 is 0. The minimum atomic E-state index is -0.0441. The number of hydrogen-bond donors (Lipinski definition) is 1. The van der Waals surface area contributed by atoms with Crippen molar-refractivity contribution < 1.29 is 14.3 Å². The molecule has 1 aliphatic rings. The maximum Gasteiger partial charge on any atom is 0.270 e. The summed E-state index contributed by atoms with van der Waals surface area (Å²) in [4.78, 5) is 31.3. The number of rotatable bonds is 4. The topological polar surface area (TPSA) is 65.6 Å². The first-order chi connectivity index (χ1) is 12.1. The van der Waals surface area contributed by atoms with Crippen LogP contribution < -0.4 is 4.74 Å². The molecule has 1 saturated heterocycles. The number of benzene rings is 1. The Kier molecular flexibility index (Phi) is 5.38. The number of nitrogens with zero attached hydrogens (tertiary/aromatic N) is 2. The van der Waals surface area contributed by atoms with Crippen LogP contribution in [-0.2, 0) is 4.79 Å². The van der Waals surface area contributed by atoms with Gasteiger partial charge in [-0.25, -0.2) is 0 Å². The van der Waals surface area contributed by atoms with E-state index in [2.05, 4.69) is 4.98 Å². The first-order valence-corrected chi connectivity index (χ1v) is 8.54. The molecule has 3 rings (SSSR count). The Morgan fingerprint density at radius 2 is 1.80 bits per heavy atom. The van der Waals surface area contributed by atoms with E-state index in [0.717, 1.165) is 17.7 Å². The van der Waals surface area contributed by atoms with Crippen LogP contribution >= 0.6 is 0 Å². The van der Waals surface area contributed by atoms with Crippen molar-refractivity contribution in [1.82, 2.24) is 14.8 Å².